The van der Waals surface area contributed by atoms with Gasteiger partial charge in [0.05, 0.1) is 5.56 Å². The lowest BCUT2D eigenvalue weighted by molar-refractivity contribution is -0.138. The monoisotopic (exact) mass is 380 g/mol. The summed E-state index contributed by atoms with van der Waals surface area (Å²) in [6.45, 7) is 4.12. The molecule has 1 aromatic rings. The third-order valence-electron chi connectivity index (χ3n) is 6.30. The van der Waals surface area contributed by atoms with Gasteiger partial charge in [-0.15, -0.1) is 0 Å². The lowest BCUT2D eigenvalue weighted by Crippen LogP contribution is -2.39. The van der Waals surface area contributed by atoms with Crippen LogP contribution in [0.2, 0.25) is 0 Å². The number of carboxylic acids is 1. The Morgan fingerprint density at radius 1 is 1.44 bits per heavy atom. The molecule has 2 aliphatic heterocycles. The second-order valence-corrected chi connectivity index (χ2v) is 7.87. The molecule has 0 spiro atoms. The van der Waals surface area contributed by atoms with E-state index in [1.807, 2.05) is 6.92 Å². The standard InChI is InChI=1S/C18H19F3N4O2/c1-17-9-25(8-13(17)12(17)6-15(26)27)14-5-11(18(19,20)21)10(7-22)16(23-14)24-3-2-4-24/h5,12-13H,2-4,6,8-9H2,1H3,(H,26,27)/t12?,13-,17+/m0/s1. The summed E-state index contributed by atoms with van der Waals surface area (Å²) in [5.74, 6) is -0.334. The Labute approximate surface area is 154 Å². The summed E-state index contributed by atoms with van der Waals surface area (Å²) >= 11 is 0. The van der Waals surface area contributed by atoms with Crippen LogP contribution in [-0.4, -0.2) is 42.2 Å². The summed E-state index contributed by atoms with van der Waals surface area (Å²) in [5, 5.41) is 18.3. The largest absolute Gasteiger partial charge is 0.481 e. The molecule has 6 nitrogen and oxygen atoms in total. The van der Waals surface area contributed by atoms with Crippen LogP contribution in [0.15, 0.2) is 6.07 Å². The predicted molar refractivity (Wildman–Crippen MR) is 90.3 cm³/mol. The molecule has 2 saturated heterocycles. The first-order valence-electron chi connectivity index (χ1n) is 8.89. The second kappa shape index (κ2) is 5.75. The highest BCUT2D eigenvalue weighted by atomic mass is 19.4. The van der Waals surface area contributed by atoms with Crippen molar-refractivity contribution in [3.8, 4) is 6.07 Å². The molecule has 144 valence electrons. The van der Waals surface area contributed by atoms with E-state index in [2.05, 4.69) is 4.98 Å². The van der Waals surface area contributed by atoms with Gasteiger partial charge in [-0.1, -0.05) is 6.92 Å². The van der Waals surface area contributed by atoms with Crippen molar-refractivity contribution in [1.29, 1.82) is 5.26 Å². The van der Waals surface area contributed by atoms with E-state index in [-0.39, 0.29) is 35.3 Å². The molecule has 9 heteroatoms. The van der Waals surface area contributed by atoms with E-state index in [1.165, 1.54) is 0 Å². The number of hydrogen-bond donors (Lipinski definition) is 1. The number of hydrogen-bond acceptors (Lipinski definition) is 5. The zero-order chi connectivity index (χ0) is 19.6. The Morgan fingerprint density at radius 2 is 2.15 bits per heavy atom. The first-order chi connectivity index (χ1) is 12.6. The smallest absolute Gasteiger partial charge is 0.417 e. The third kappa shape index (κ3) is 2.78. The number of nitriles is 1. The minimum Gasteiger partial charge on any atom is -0.481 e. The van der Waals surface area contributed by atoms with Gasteiger partial charge in [0, 0.05) is 32.6 Å². The van der Waals surface area contributed by atoms with Gasteiger partial charge in [0.25, 0.3) is 0 Å². The van der Waals surface area contributed by atoms with Crippen LogP contribution in [-0.2, 0) is 11.0 Å². The lowest BCUT2D eigenvalue weighted by atomic mass is 10.0. The van der Waals surface area contributed by atoms with E-state index in [4.69, 9.17) is 5.11 Å². The molecule has 1 N–H and O–H groups in total. The fourth-order valence-corrected chi connectivity index (χ4v) is 4.56. The maximum atomic E-state index is 13.6. The van der Waals surface area contributed by atoms with Crippen molar-refractivity contribution >= 4 is 17.6 Å². The van der Waals surface area contributed by atoms with Gasteiger partial charge in [0.15, 0.2) is 0 Å². The van der Waals surface area contributed by atoms with Gasteiger partial charge >= 0.3 is 12.1 Å². The van der Waals surface area contributed by atoms with E-state index in [1.54, 1.807) is 15.9 Å². The summed E-state index contributed by atoms with van der Waals surface area (Å²) in [7, 11) is 0. The molecule has 3 aliphatic rings. The second-order valence-electron chi connectivity index (χ2n) is 7.87. The number of pyridine rings is 1. The van der Waals surface area contributed by atoms with Gasteiger partial charge in [-0.3, -0.25) is 4.79 Å². The number of aromatic nitrogens is 1. The summed E-state index contributed by atoms with van der Waals surface area (Å²) < 4.78 is 40.7. The number of carbonyl (C=O) groups is 1. The number of rotatable bonds is 4. The fourth-order valence-electron chi connectivity index (χ4n) is 4.56. The zero-order valence-corrected chi connectivity index (χ0v) is 14.8. The number of aliphatic carboxylic acids is 1. The van der Waals surface area contributed by atoms with Crippen LogP contribution in [0, 0.1) is 28.6 Å². The Kier molecular flexibility index (Phi) is 3.81. The van der Waals surface area contributed by atoms with Gasteiger partial charge < -0.3 is 14.9 Å². The summed E-state index contributed by atoms with van der Waals surface area (Å²) in [4.78, 5) is 18.9. The number of nitrogens with zero attached hydrogens (tertiary/aromatic N) is 4. The van der Waals surface area contributed by atoms with Crippen molar-refractivity contribution in [3.63, 3.8) is 0 Å². The Morgan fingerprint density at radius 3 is 2.59 bits per heavy atom. The minimum atomic E-state index is -4.64. The molecular weight excluding hydrogens is 361 g/mol. The molecule has 1 aliphatic carbocycles. The summed E-state index contributed by atoms with van der Waals surface area (Å²) in [5.41, 5.74) is -1.58. The Bertz CT molecular complexity index is 846. The molecule has 1 unspecified atom stereocenters. The molecular formula is C18H19F3N4O2. The van der Waals surface area contributed by atoms with Crippen LogP contribution < -0.4 is 9.80 Å². The highest BCUT2D eigenvalue weighted by Crippen LogP contribution is 2.64. The van der Waals surface area contributed by atoms with Crippen LogP contribution in [0.4, 0.5) is 24.8 Å². The number of fused-ring (bicyclic) bond motifs is 1. The molecule has 0 radical (unpaired) electrons. The maximum absolute atomic E-state index is 13.6. The molecule has 0 amide bonds. The van der Waals surface area contributed by atoms with Crippen LogP contribution >= 0.6 is 0 Å². The molecule has 3 atom stereocenters. The molecule has 1 aromatic heterocycles. The summed E-state index contributed by atoms with van der Waals surface area (Å²) in [6.07, 6.45) is -3.69. The number of halogens is 3. The van der Waals surface area contributed by atoms with Crippen molar-refractivity contribution < 1.29 is 23.1 Å². The number of piperidine rings is 1. The SMILES string of the molecule is C[C@]12CN(c3cc(C(F)(F)F)c(C#N)c(N4CCC4)n3)C[C@H]1C2CC(=O)O. The first kappa shape index (κ1) is 17.9. The van der Waals surface area contributed by atoms with Crippen LogP contribution in [0.25, 0.3) is 0 Å². The van der Waals surface area contributed by atoms with Gasteiger partial charge in [-0.05, 0) is 29.7 Å². The number of anilines is 2. The van der Waals surface area contributed by atoms with E-state index in [0.29, 0.717) is 26.2 Å². The number of carboxylic acid groups (broad SMARTS) is 1. The van der Waals surface area contributed by atoms with Crippen molar-refractivity contribution in [2.75, 3.05) is 36.0 Å². The van der Waals surface area contributed by atoms with E-state index in [9.17, 15) is 23.2 Å². The van der Waals surface area contributed by atoms with Crippen LogP contribution in [0.5, 0.6) is 0 Å². The van der Waals surface area contributed by atoms with Gasteiger partial charge in [-0.25, -0.2) is 4.98 Å². The third-order valence-corrected chi connectivity index (χ3v) is 6.30. The van der Waals surface area contributed by atoms with Crippen molar-refractivity contribution in [1.82, 2.24) is 4.98 Å². The van der Waals surface area contributed by atoms with Gasteiger partial charge in [0.1, 0.15) is 23.3 Å². The summed E-state index contributed by atoms with van der Waals surface area (Å²) in [6, 6.07) is 2.64. The van der Waals surface area contributed by atoms with Crippen molar-refractivity contribution in [3.05, 3.63) is 17.2 Å². The minimum absolute atomic E-state index is 0.0570. The van der Waals surface area contributed by atoms with Crippen LogP contribution in [0.1, 0.15) is 30.9 Å². The lowest BCUT2D eigenvalue weighted by Gasteiger charge is -2.34. The molecule has 0 bridgehead atoms. The fraction of sp³-hybridized carbons (Fsp3) is 0.611. The molecule has 0 aromatic carbocycles. The zero-order valence-electron chi connectivity index (χ0n) is 14.8. The first-order valence-corrected chi connectivity index (χ1v) is 8.89. The van der Waals surface area contributed by atoms with Crippen LogP contribution in [0.3, 0.4) is 0 Å². The van der Waals surface area contributed by atoms with Gasteiger partial charge in [-0.2, -0.15) is 18.4 Å². The topological polar surface area (TPSA) is 80.5 Å². The Balaban J connectivity index is 1.67. The molecule has 3 fully saturated rings. The normalized spacial score (nSPS) is 29.1. The average Bonchev–Trinajstić information content (AvgIpc) is 2.87. The predicted octanol–water partition coefficient (Wildman–Crippen LogP) is 2.73. The average molecular weight is 380 g/mol. The van der Waals surface area contributed by atoms with Gasteiger partial charge in [0.2, 0.25) is 0 Å². The van der Waals surface area contributed by atoms with E-state index >= 15 is 0 Å². The molecule has 3 heterocycles. The molecule has 1 saturated carbocycles. The van der Waals surface area contributed by atoms with E-state index < -0.39 is 23.3 Å². The molecule has 27 heavy (non-hydrogen) atoms. The highest BCUT2D eigenvalue weighted by Gasteiger charge is 2.66. The van der Waals surface area contributed by atoms with Crippen molar-refractivity contribution in [2.45, 2.75) is 25.9 Å². The Hall–Kier alpha value is -2.50. The van der Waals surface area contributed by atoms with Crippen molar-refractivity contribution in [2.24, 2.45) is 17.3 Å². The van der Waals surface area contributed by atoms with E-state index in [0.717, 1.165) is 12.5 Å². The number of alkyl halides is 3. The highest BCUT2D eigenvalue weighted by molar-refractivity contribution is 5.69. The quantitative estimate of drug-likeness (QED) is 0.865. The maximum Gasteiger partial charge on any atom is 0.417 e. The molecule has 4 rings (SSSR count).